The highest BCUT2D eigenvalue weighted by molar-refractivity contribution is 5.17. The van der Waals surface area contributed by atoms with Crippen LogP contribution in [0.3, 0.4) is 0 Å². The Morgan fingerprint density at radius 1 is 1.13 bits per heavy atom. The van der Waals surface area contributed by atoms with Crippen molar-refractivity contribution in [2.45, 2.75) is 37.1 Å². The van der Waals surface area contributed by atoms with Gasteiger partial charge in [0.1, 0.15) is 5.60 Å². The van der Waals surface area contributed by atoms with E-state index in [1.165, 1.54) is 5.56 Å². The number of morpholine rings is 1. The lowest BCUT2D eigenvalue weighted by atomic mass is 9.79. The highest BCUT2D eigenvalue weighted by atomic mass is 16.5. The molecule has 5 nitrogen and oxygen atoms in total. The van der Waals surface area contributed by atoms with Crippen molar-refractivity contribution < 1.29 is 9.84 Å². The van der Waals surface area contributed by atoms with E-state index in [0.29, 0.717) is 31.7 Å². The summed E-state index contributed by atoms with van der Waals surface area (Å²) in [6.07, 6.45) is 6.24. The summed E-state index contributed by atoms with van der Waals surface area (Å²) in [7, 11) is 0. The van der Waals surface area contributed by atoms with Crippen LogP contribution >= 0.6 is 0 Å². The van der Waals surface area contributed by atoms with Crippen LogP contribution in [0, 0.1) is 0 Å². The molecule has 23 heavy (non-hydrogen) atoms. The monoisotopic (exact) mass is 311 g/mol. The normalized spacial score (nSPS) is 31.0. The van der Waals surface area contributed by atoms with E-state index in [0.717, 1.165) is 6.54 Å². The molecule has 0 aliphatic carbocycles. The highest BCUT2D eigenvalue weighted by Gasteiger charge is 2.47. The summed E-state index contributed by atoms with van der Waals surface area (Å²) in [4.78, 5) is 10.9. The third kappa shape index (κ3) is 2.87. The summed E-state index contributed by atoms with van der Waals surface area (Å²) in [6, 6.07) is 10.9. The lowest BCUT2D eigenvalue weighted by Gasteiger charge is -2.51. The number of ether oxygens (including phenoxy) is 1. The first-order valence-corrected chi connectivity index (χ1v) is 8.11. The predicted octanol–water partition coefficient (Wildman–Crippen LogP) is 1.73. The minimum atomic E-state index is -0.902. The zero-order valence-corrected chi connectivity index (χ0v) is 13.0. The second-order valence-electron chi connectivity index (χ2n) is 6.53. The Morgan fingerprint density at radius 2 is 1.87 bits per heavy atom. The van der Waals surface area contributed by atoms with Gasteiger partial charge in [-0.1, -0.05) is 30.3 Å². The molecule has 1 aromatic carbocycles. The summed E-state index contributed by atoms with van der Waals surface area (Å²) >= 11 is 0. The van der Waals surface area contributed by atoms with E-state index in [1.807, 2.05) is 6.07 Å². The van der Waals surface area contributed by atoms with E-state index in [4.69, 9.17) is 4.74 Å². The van der Waals surface area contributed by atoms with E-state index in [2.05, 4.69) is 39.1 Å². The molecule has 0 saturated carbocycles. The number of benzene rings is 1. The standard InChI is InChI=1S/C18H21N3O2/c22-18(17-10-19-6-7-20-17)8-15-12-23-13-16(9-18)21(15)11-14-4-2-1-3-5-14/h1-7,10,15-16,22H,8-9,11-13H2. The van der Waals surface area contributed by atoms with E-state index in [9.17, 15) is 5.11 Å². The van der Waals surface area contributed by atoms with Crippen molar-refractivity contribution in [3.8, 4) is 0 Å². The molecule has 1 aromatic heterocycles. The van der Waals surface area contributed by atoms with Crippen LogP contribution in [0.2, 0.25) is 0 Å². The SMILES string of the molecule is OC1(c2cnccn2)CC2COCC(C1)N2Cc1ccccc1. The minimum Gasteiger partial charge on any atom is -0.383 e. The minimum absolute atomic E-state index is 0.203. The van der Waals surface area contributed by atoms with Gasteiger partial charge in [-0.25, -0.2) is 0 Å². The van der Waals surface area contributed by atoms with Crippen LogP contribution < -0.4 is 0 Å². The molecule has 0 amide bonds. The van der Waals surface area contributed by atoms with Crippen LogP contribution in [0.25, 0.3) is 0 Å². The Balaban J connectivity index is 1.57. The Bertz CT molecular complexity index is 636. The zero-order chi connectivity index (χ0) is 15.7. The largest absolute Gasteiger partial charge is 0.383 e. The molecule has 2 unspecified atom stereocenters. The number of aromatic nitrogens is 2. The fourth-order valence-electron chi connectivity index (χ4n) is 3.85. The number of hydrogen-bond donors (Lipinski definition) is 1. The van der Waals surface area contributed by atoms with Crippen LogP contribution in [-0.2, 0) is 16.9 Å². The topological polar surface area (TPSA) is 58.5 Å². The molecular formula is C18H21N3O2. The second-order valence-corrected chi connectivity index (χ2v) is 6.53. The lowest BCUT2D eigenvalue weighted by molar-refractivity contribution is -0.151. The molecule has 5 heteroatoms. The molecule has 2 bridgehead atoms. The fourth-order valence-corrected chi connectivity index (χ4v) is 3.85. The Kier molecular flexibility index (Phi) is 3.85. The van der Waals surface area contributed by atoms with Crippen molar-refractivity contribution in [2.24, 2.45) is 0 Å². The first-order chi connectivity index (χ1) is 11.2. The van der Waals surface area contributed by atoms with Gasteiger partial charge < -0.3 is 9.84 Å². The summed E-state index contributed by atoms with van der Waals surface area (Å²) in [5.74, 6) is 0. The summed E-state index contributed by atoms with van der Waals surface area (Å²) in [5, 5.41) is 11.1. The quantitative estimate of drug-likeness (QED) is 0.935. The Morgan fingerprint density at radius 3 is 2.52 bits per heavy atom. The maximum atomic E-state index is 11.1. The first-order valence-electron chi connectivity index (χ1n) is 8.11. The molecule has 2 atom stereocenters. The Hall–Kier alpha value is -1.82. The Labute approximate surface area is 136 Å². The van der Waals surface area contributed by atoms with Crippen LogP contribution in [-0.4, -0.2) is 45.3 Å². The average molecular weight is 311 g/mol. The van der Waals surface area contributed by atoms with Gasteiger partial charge in [0.2, 0.25) is 0 Å². The molecular weight excluding hydrogens is 290 g/mol. The van der Waals surface area contributed by atoms with Gasteiger partial charge in [-0.05, 0) is 18.4 Å². The number of nitrogens with zero attached hydrogens (tertiary/aromatic N) is 3. The van der Waals surface area contributed by atoms with E-state index in [1.54, 1.807) is 18.6 Å². The molecule has 1 N–H and O–H groups in total. The van der Waals surface area contributed by atoms with Crippen LogP contribution in [0.5, 0.6) is 0 Å². The van der Waals surface area contributed by atoms with Crippen LogP contribution in [0.4, 0.5) is 0 Å². The van der Waals surface area contributed by atoms with Gasteiger partial charge in [0, 0.05) is 31.0 Å². The molecule has 4 rings (SSSR count). The maximum absolute atomic E-state index is 11.1. The fraction of sp³-hybridized carbons (Fsp3) is 0.444. The molecule has 2 aromatic rings. The van der Waals surface area contributed by atoms with E-state index >= 15 is 0 Å². The molecule has 120 valence electrons. The molecule has 2 saturated heterocycles. The van der Waals surface area contributed by atoms with Crippen molar-refractivity contribution >= 4 is 0 Å². The number of rotatable bonds is 3. The van der Waals surface area contributed by atoms with Gasteiger partial charge in [-0.3, -0.25) is 14.9 Å². The molecule has 3 heterocycles. The zero-order valence-electron chi connectivity index (χ0n) is 13.0. The molecule has 2 fully saturated rings. The van der Waals surface area contributed by atoms with Gasteiger partial charge >= 0.3 is 0 Å². The van der Waals surface area contributed by atoms with Crippen molar-refractivity contribution in [1.82, 2.24) is 14.9 Å². The average Bonchev–Trinajstić information content (AvgIpc) is 2.58. The predicted molar refractivity (Wildman–Crippen MR) is 85.5 cm³/mol. The van der Waals surface area contributed by atoms with Gasteiger partial charge in [0.25, 0.3) is 0 Å². The molecule has 2 aliphatic heterocycles. The molecule has 2 aliphatic rings. The van der Waals surface area contributed by atoms with Gasteiger partial charge in [0.15, 0.2) is 0 Å². The first kappa shape index (κ1) is 14.8. The van der Waals surface area contributed by atoms with E-state index in [-0.39, 0.29) is 12.1 Å². The smallest absolute Gasteiger partial charge is 0.111 e. The van der Waals surface area contributed by atoms with Gasteiger partial charge in [-0.15, -0.1) is 0 Å². The van der Waals surface area contributed by atoms with Crippen molar-refractivity contribution in [1.29, 1.82) is 0 Å². The number of fused-ring (bicyclic) bond motifs is 2. The number of aliphatic hydroxyl groups is 1. The third-order valence-corrected chi connectivity index (χ3v) is 4.95. The summed E-state index contributed by atoms with van der Waals surface area (Å²) in [6.45, 7) is 2.22. The van der Waals surface area contributed by atoms with Gasteiger partial charge in [0.05, 0.1) is 25.1 Å². The highest BCUT2D eigenvalue weighted by Crippen LogP contribution is 2.40. The lowest BCUT2D eigenvalue weighted by Crippen LogP contribution is -2.60. The number of hydrogen-bond acceptors (Lipinski definition) is 5. The third-order valence-electron chi connectivity index (χ3n) is 4.95. The number of piperidine rings is 1. The van der Waals surface area contributed by atoms with Crippen molar-refractivity contribution in [3.63, 3.8) is 0 Å². The van der Waals surface area contributed by atoms with Crippen LogP contribution in [0.15, 0.2) is 48.9 Å². The second kappa shape index (κ2) is 6.00. The van der Waals surface area contributed by atoms with E-state index < -0.39 is 5.60 Å². The van der Waals surface area contributed by atoms with Crippen LogP contribution in [0.1, 0.15) is 24.1 Å². The van der Waals surface area contributed by atoms with Crippen molar-refractivity contribution in [3.05, 3.63) is 60.2 Å². The molecule has 0 spiro atoms. The summed E-state index contributed by atoms with van der Waals surface area (Å²) in [5.41, 5.74) is 1.08. The summed E-state index contributed by atoms with van der Waals surface area (Å²) < 4.78 is 5.74. The van der Waals surface area contributed by atoms with Crippen molar-refractivity contribution in [2.75, 3.05) is 13.2 Å². The van der Waals surface area contributed by atoms with Gasteiger partial charge in [-0.2, -0.15) is 0 Å². The maximum Gasteiger partial charge on any atom is 0.111 e. The molecule has 0 radical (unpaired) electrons.